The van der Waals surface area contributed by atoms with Crippen LogP contribution >= 0.6 is 0 Å². The Morgan fingerprint density at radius 3 is 1.72 bits per heavy atom. The molecule has 9 aromatic carbocycles. The Kier molecular flexibility index (Phi) is 7.14. The molecular formula is C55H36N2O. The molecule has 0 fully saturated rings. The fourth-order valence-corrected chi connectivity index (χ4v) is 9.89. The molecule has 1 aliphatic carbocycles. The van der Waals surface area contributed by atoms with Crippen LogP contribution in [0.15, 0.2) is 218 Å². The van der Waals surface area contributed by atoms with E-state index in [0.717, 1.165) is 45.4 Å². The standard InChI is InChI=1S/C55H36N2O/c1-3-16-37(17-4-1)38-30-32-40(33-31-38)56(41-34-35-50-44(36-41)42-20-8-12-26-49(42)57(50)39-18-5-2-6-19-39)51-27-15-25-48-54(51)43-21-7-9-22-45(43)55(48)46-23-10-13-28-52(46)58-53-29-14-11-24-47(53)55/h1-36H. The van der Waals surface area contributed by atoms with Crippen molar-refractivity contribution >= 4 is 38.9 Å². The van der Waals surface area contributed by atoms with E-state index in [1.54, 1.807) is 0 Å². The first-order chi connectivity index (χ1) is 28.8. The molecular weight excluding hydrogens is 705 g/mol. The smallest absolute Gasteiger partial charge is 0.132 e. The summed E-state index contributed by atoms with van der Waals surface area (Å²) in [6.07, 6.45) is 0. The van der Waals surface area contributed by atoms with Crippen molar-refractivity contribution < 1.29 is 4.74 Å². The summed E-state index contributed by atoms with van der Waals surface area (Å²) < 4.78 is 9.04. The van der Waals surface area contributed by atoms with Crippen molar-refractivity contribution in [3.63, 3.8) is 0 Å². The zero-order chi connectivity index (χ0) is 38.2. The lowest BCUT2D eigenvalue weighted by molar-refractivity contribution is 0.436. The Morgan fingerprint density at radius 2 is 0.966 bits per heavy atom. The lowest BCUT2D eigenvalue weighted by Crippen LogP contribution is -2.32. The van der Waals surface area contributed by atoms with Crippen LogP contribution in [0.3, 0.4) is 0 Å². The van der Waals surface area contributed by atoms with E-state index >= 15 is 0 Å². The van der Waals surface area contributed by atoms with Gasteiger partial charge < -0.3 is 14.2 Å². The maximum Gasteiger partial charge on any atom is 0.132 e. The van der Waals surface area contributed by atoms with Gasteiger partial charge in [-0.2, -0.15) is 0 Å². The molecule has 0 amide bonds. The zero-order valence-corrected chi connectivity index (χ0v) is 31.6. The molecule has 0 unspecified atom stereocenters. The molecule has 0 bridgehead atoms. The minimum Gasteiger partial charge on any atom is -0.457 e. The summed E-state index contributed by atoms with van der Waals surface area (Å²) >= 11 is 0. The Balaban J connectivity index is 1.14. The minimum atomic E-state index is -0.566. The Bertz CT molecular complexity index is 3150. The SMILES string of the molecule is c1ccc(-c2ccc(N(c3ccc4c(c3)c3ccccc3n4-c3ccccc3)c3cccc4c3-c3ccccc3C43c4ccccc4Oc4ccccc43)cc2)cc1. The fraction of sp³-hybridized carbons (Fsp3) is 0.0182. The highest BCUT2D eigenvalue weighted by molar-refractivity contribution is 6.11. The summed E-state index contributed by atoms with van der Waals surface area (Å²) in [7, 11) is 0. The van der Waals surface area contributed by atoms with Gasteiger partial charge >= 0.3 is 0 Å². The summed E-state index contributed by atoms with van der Waals surface area (Å²) in [5.41, 5.74) is 15.9. The van der Waals surface area contributed by atoms with Crippen molar-refractivity contribution in [1.29, 1.82) is 0 Å². The molecule has 1 spiro atoms. The quantitative estimate of drug-likeness (QED) is 0.175. The summed E-state index contributed by atoms with van der Waals surface area (Å²) in [6.45, 7) is 0. The molecule has 2 aliphatic rings. The average Bonchev–Trinajstić information content (AvgIpc) is 3.78. The van der Waals surface area contributed by atoms with Crippen LogP contribution in [0.2, 0.25) is 0 Å². The van der Waals surface area contributed by atoms with Gasteiger partial charge in [0, 0.05) is 44.5 Å². The van der Waals surface area contributed by atoms with Gasteiger partial charge in [-0.1, -0.05) is 152 Å². The average molecular weight is 741 g/mol. The third-order valence-corrected chi connectivity index (χ3v) is 12.3. The van der Waals surface area contributed by atoms with E-state index in [4.69, 9.17) is 4.74 Å². The normalized spacial score (nSPS) is 13.1. The summed E-state index contributed by atoms with van der Waals surface area (Å²) in [4.78, 5) is 2.47. The van der Waals surface area contributed by atoms with Gasteiger partial charge in [0.25, 0.3) is 0 Å². The largest absolute Gasteiger partial charge is 0.457 e. The number of ether oxygens (including phenoxy) is 1. The second-order valence-electron chi connectivity index (χ2n) is 15.2. The molecule has 3 nitrogen and oxygen atoms in total. The molecule has 1 aromatic heterocycles. The molecule has 2 heterocycles. The van der Waals surface area contributed by atoms with Crippen LogP contribution in [-0.4, -0.2) is 4.57 Å². The molecule has 58 heavy (non-hydrogen) atoms. The second kappa shape index (κ2) is 12.7. The second-order valence-corrected chi connectivity index (χ2v) is 15.2. The highest BCUT2D eigenvalue weighted by atomic mass is 16.5. The first-order valence-corrected chi connectivity index (χ1v) is 19.9. The van der Waals surface area contributed by atoms with Gasteiger partial charge in [-0.05, 0) is 94.5 Å². The van der Waals surface area contributed by atoms with E-state index in [-0.39, 0.29) is 0 Å². The molecule has 10 aromatic rings. The number of rotatable bonds is 5. The van der Waals surface area contributed by atoms with E-state index < -0.39 is 5.41 Å². The van der Waals surface area contributed by atoms with Gasteiger partial charge in [0.15, 0.2) is 0 Å². The van der Waals surface area contributed by atoms with Crippen LogP contribution in [0.1, 0.15) is 22.3 Å². The third kappa shape index (κ3) is 4.62. The van der Waals surface area contributed by atoms with Gasteiger partial charge in [0.2, 0.25) is 0 Å². The Hall–Kier alpha value is -7.62. The maximum absolute atomic E-state index is 6.66. The first-order valence-electron chi connectivity index (χ1n) is 19.9. The van der Waals surface area contributed by atoms with E-state index in [2.05, 4.69) is 228 Å². The van der Waals surface area contributed by atoms with E-state index in [1.807, 2.05) is 0 Å². The van der Waals surface area contributed by atoms with E-state index in [1.165, 1.54) is 55.2 Å². The highest BCUT2D eigenvalue weighted by Gasteiger charge is 2.51. The van der Waals surface area contributed by atoms with Crippen LogP contribution in [0.25, 0.3) is 49.7 Å². The fourth-order valence-electron chi connectivity index (χ4n) is 9.89. The number of aromatic nitrogens is 1. The molecule has 0 saturated heterocycles. The highest BCUT2D eigenvalue weighted by Crippen LogP contribution is 2.64. The van der Waals surface area contributed by atoms with Gasteiger partial charge in [-0.25, -0.2) is 0 Å². The number of hydrogen-bond acceptors (Lipinski definition) is 2. The van der Waals surface area contributed by atoms with Gasteiger partial charge in [0.1, 0.15) is 11.5 Å². The van der Waals surface area contributed by atoms with Crippen molar-refractivity contribution in [2.45, 2.75) is 5.41 Å². The van der Waals surface area contributed by atoms with E-state index in [0.29, 0.717) is 0 Å². The molecule has 1 aliphatic heterocycles. The lowest BCUT2D eigenvalue weighted by atomic mass is 9.66. The molecule has 0 saturated carbocycles. The number of fused-ring (bicyclic) bond motifs is 12. The summed E-state index contributed by atoms with van der Waals surface area (Å²) in [5.74, 6) is 1.78. The molecule has 272 valence electrons. The van der Waals surface area contributed by atoms with Crippen molar-refractivity contribution in [3.8, 4) is 39.4 Å². The summed E-state index contributed by atoms with van der Waals surface area (Å²) in [5, 5.41) is 2.43. The Morgan fingerprint density at radius 1 is 0.397 bits per heavy atom. The van der Waals surface area contributed by atoms with Gasteiger partial charge in [-0.15, -0.1) is 0 Å². The number of anilines is 3. The maximum atomic E-state index is 6.66. The third-order valence-electron chi connectivity index (χ3n) is 12.3. The molecule has 12 rings (SSSR count). The number of benzene rings is 9. The zero-order valence-electron chi connectivity index (χ0n) is 31.6. The van der Waals surface area contributed by atoms with Crippen LogP contribution < -0.4 is 9.64 Å². The van der Waals surface area contributed by atoms with Crippen LogP contribution in [0, 0.1) is 0 Å². The van der Waals surface area contributed by atoms with Crippen LogP contribution in [-0.2, 0) is 5.41 Å². The number of para-hydroxylation sites is 4. The van der Waals surface area contributed by atoms with Gasteiger partial charge in [0.05, 0.1) is 22.1 Å². The van der Waals surface area contributed by atoms with Crippen molar-refractivity contribution in [2.75, 3.05) is 4.90 Å². The lowest BCUT2D eigenvalue weighted by Gasteiger charge is -2.39. The van der Waals surface area contributed by atoms with E-state index in [9.17, 15) is 0 Å². The monoisotopic (exact) mass is 740 g/mol. The predicted molar refractivity (Wildman–Crippen MR) is 238 cm³/mol. The van der Waals surface area contributed by atoms with Crippen LogP contribution in [0.5, 0.6) is 11.5 Å². The summed E-state index contributed by atoms with van der Waals surface area (Å²) in [6, 6.07) is 79.1. The molecule has 0 N–H and O–H groups in total. The Labute approximate surface area is 337 Å². The van der Waals surface area contributed by atoms with Crippen molar-refractivity contribution in [2.24, 2.45) is 0 Å². The minimum absolute atomic E-state index is 0.566. The van der Waals surface area contributed by atoms with Crippen molar-refractivity contribution in [1.82, 2.24) is 4.57 Å². The molecule has 0 radical (unpaired) electrons. The molecule has 0 atom stereocenters. The van der Waals surface area contributed by atoms with Crippen molar-refractivity contribution in [3.05, 3.63) is 241 Å². The van der Waals surface area contributed by atoms with Gasteiger partial charge in [-0.3, -0.25) is 0 Å². The topological polar surface area (TPSA) is 17.4 Å². The predicted octanol–water partition coefficient (Wildman–Crippen LogP) is 14.4. The first kappa shape index (κ1) is 32.6. The molecule has 3 heteroatoms. The number of hydrogen-bond donors (Lipinski definition) is 0. The number of nitrogens with zero attached hydrogens (tertiary/aromatic N) is 2. The van der Waals surface area contributed by atoms with Crippen LogP contribution in [0.4, 0.5) is 17.1 Å².